The Hall–Kier alpha value is -3.39. The van der Waals surface area contributed by atoms with Gasteiger partial charge in [-0.1, -0.05) is 32.9 Å². The highest BCUT2D eigenvalue weighted by atomic mass is 19.2. The first-order valence-electron chi connectivity index (χ1n) is 12.6. The standard InChI is InChI=1S/C29H32F2N4O2/c1-18-23(13-22(15-33-18)34-27(36)20-7-8-32-25(12-20)28(2,3)4)19-5-6-21-14-29(31,17-30)26-16-37-10-9-35(26)24(21)11-19/h5-8,11-13,15,26H,9-10,14,16-17H2,1-4H3,(H,34,36)/t26-,29+/m0/s1. The number of benzene rings is 1. The van der Waals surface area contributed by atoms with Crippen LogP contribution in [0, 0.1) is 6.92 Å². The monoisotopic (exact) mass is 506 g/mol. The number of pyridine rings is 2. The Labute approximate surface area is 216 Å². The highest BCUT2D eigenvalue weighted by Crippen LogP contribution is 2.42. The maximum Gasteiger partial charge on any atom is 0.255 e. The number of morpholine rings is 1. The zero-order chi connectivity index (χ0) is 26.4. The minimum atomic E-state index is -1.96. The summed E-state index contributed by atoms with van der Waals surface area (Å²) < 4.78 is 34.7. The van der Waals surface area contributed by atoms with Crippen LogP contribution in [0.1, 0.15) is 48.1 Å². The van der Waals surface area contributed by atoms with Crippen molar-refractivity contribution < 1.29 is 18.3 Å². The van der Waals surface area contributed by atoms with E-state index in [2.05, 4.69) is 36.1 Å². The summed E-state index contributed by atoms with van der Waals surface area (Å²) >= 11 is 0. The Bertz CT molecular complexity index is 1340. The Morgan fingerprint density at radius 3 is 2.78 bits per heavy atom. The van der Waals surface area contributed by atoms with E-state index in [9.17, 15) is 9.18 Å². The number of amides is 1. The highest BCUT2D eigenvalue weighted by molar-refractivity contribution is 6.04. The molecule has 0 spiro atoms. The van der Waals surface area contributed by atoms with E-state index in [0.29, 0.717) is 24.4 Å². The Kier molecular flexibility index (Phi) is 6.48. The van der Waals surface area contributed by atoms with Crippen LogP contribution < -0.4 is 10.2 Å². The number of aryl methyl sites for hydroxylation is 1. The largest absolute Gasteiger partial charge is 0.377 e. The molecule has 0 saturated carbocycles. The predicted octanol–water partition coefficient (Wildman–Crippen LogP) is 5.44. The molecule has 2 atom stereocenters. The third-order valence-corrected chi connectivity index (χ3v) is 7.27. The lowest BCUT2D eigenvalue weighted by Crippen LogP contribution is -2.61. The molecule has 194 valence electrons. The zero-order valence-corrected chi connectivity index (χ0v) is 21.6. The smallest absolute Gasteiger partial charge is 0.255 e. The number of hydrogen-bond donors (Lipinski definition) is 1. The molecule has 0 radical (unpaired) electrons. The summed E-state index contributed by atoms with van der Waals surface area (Å²) in [5.41, 5.74) is 4.03. The number of hydrogen-bond acceptors (Lipinski definition) is 5. The van der Waals surface area contributed by atoms with Gasteiger partial charge in [0, 0.05) is 52.8 Å². The molecule has 2 aromatic heterocycles. The van der Waals surface area contributed by atoms with E-state index in [1.54, 1.807) is 18.5 Å². The minimum Gasteiger partial charge on any atom is -0.377 e. The van der Waals surface area contributed by atoms with Crippen LogP contribution in [0.15, 0.2) is 48.8 Å². The van der Waals surface area contributed by atoms with Gasteiger partial charge in [0.2, 0.25) is 0 Å². The number of alkyl halides is 2. The third kappa shape index (κ3) is 4.82. The van der Waals surface area contributed by atoms with Crippen molar-refractivity contribution in [2.24, 2.45) is 0 Å². The van der Waals surface area contributed by atoms with Crippen molar-refractivity contribution >= 4 is 17.3 Å². The van der Waals surface area contributed by atoms with Crippen molar-refractivity contribution in [1.29, 1.82) is 0 Å². The topological polar surface area (TPSA) is 67.4 Å². The molecule has 1 saturated heterocycles. The summed E-state index contributed by atoms with van der Waals surface area (Å²) in [7, 11) is 0. The molecule has 0 bridgehead atoms. The number of carbonyl (C=O) groups excluding carboxylic acids is 1. The molecule has 4 heterocycles. The van der Waals surface area contributed by atoms with Gasteiger partial charge in [0.1, 0.15) is 6.67 Å². The number of ether oxygens (including phenoxy) is 1. The fourth-order valence-electron chi connectivity index (χ4n) is 5.12. The molecular weight excluding hydrogens is 474 g/mol. The van der Waals surface area contributed by atoms with Gasteiger partial charge < -0.3 is 15.0 Å². The molecule has 3 aromatic rings. The van der Waals surface area contributed by atoms with Crippen molar-refractivity contribution in [2.45, 2.75) is 51.2 Å². The van der Waals surface area contributed by atoms with E-state index >= 15 is 4.39 Å². The molecule has 1 aromatic carbocycles. The molecule has 0 aliphatic carbocycles. The van der Waals surface area contributed by atoms with Gasteiger partial charge in [0.05, 0.1) is 31.1 Å². The molecule has 8 heteroatoms. The average Bonchev–Trinajstić information content (AvgIpc) is 2.89. The molecule has 0 unspecified atom stereocenters. The molecule has 37 heavy (non-hydrogen) atoms. The first-order valence-corrected chi connectivity index (χ1v) is 12.6. The molecule has 1 amide bonds. The van der Waals surface area contributed by atoms with Crippen LogP contribution in [0.4, 0.5) is 20.2 Å². The van der Waals surface area contributed by atoms with Gasteiger partial charge in [-0.15, -0.1) is 0 Å². The molecular formula is C29H32F2N4O2. The number of nitrogens with zero attached hydrogens (tertiary/aromatic N) is 3. The molecule has 5 rings (SSSR count). The van der Waals surface area contributed by atoms with Crippen molar-refractivity contribution in [3.05, 3.63) is 71.3 Å². The first kappa shape index (κ1) is 25.3. The molecule has 1 fully saturated rings. The predicted molar refractivity (Wildman–Crippen MR) is 141 cm³/mol. The van der Waals surface area contributed by atoms with Crippen molar-refractivity contribution in [2.75, 3.05) is 36.6 Å². The number of nitrogens with one attached hydrogen (secondary N) is 1. The maximum atomic E-state index is 15.5. The van der Waals surface area contributed by atoms with Gasteiger partial charge in [-0.25, -0.2) is 8.78 Å². The number of fused-ring (bicyclic) bond motifs is 3. The lowest BCUT2D eigenvalue weighted by molar-refractivity contribution is 0.000807. The normalized spacial score (nSPS) is 21.2. The van der Waals surface area contributed by atoms with Gasteiger partial charge >= 0.3 is 0 Å². The Balaban J connectivity index is 1.45. The minimum absolute atomic E-state index is 0.0133. The van der Waals surface area contributed by atoms with Gasteiger partial charge in [0.25, 0.3) is 5.91 Å². The first-order chi connectivity index (χ1) is 17.6. The van der Waals surface area contributed by atoms with E-state index in [-0.39, 0.29) is 24.3 Å². The van der Waals surface area contributed by atoms with Crippen LogP contribution in [0.5, 0.6) is 0 Å². The second-order valence-electron chi connectivity index (χ2n) is 11.0. The van der Waals surface area contributed by atoms with E-state index in [1.165, 1.54) is 0 Å². The van der Waals surface area contributed by atoms with E-state index in [4.69, 9.17) is 4.74 Å². The molecule has 1 N–H and O–H groups in total. The number of carbonyl (C=O) groups is 1. The second kappa shape index (κ2) is 9.49. The molecule has 2 aliphatic rings. The van der Waals surface area contributed by atoms with Crippen LogP contribution in [-0.4, -0.2) is 54.0 Å². The van der Waals surface area contributed by atoms with Gasteiger partial charge in [-0.05, 0) is 42.3 Å². The summed E-state index contributed by atoms with van der Waals surface area (Å²) in [6, 6.07) is 10.5. The fourth-order valence-corrected chi connectivity index (χ4v) is 5.12. The SMILES string of the molecule is Cc1ncc(NC(=O)c2ccnc(C(C)(C)C)c2)cc1-c1ccc2c(c1)N1CCOC[C@H]1[C@](F)(CF)C2. The number of aromatic nitrogens is 2. The Morgan fingerprint density at radius 1 is 1.22 bits per heavy atom. The lowest BCUT2D eigenvalue weighted by atomic mass is 9.82. The molecule has 6 nitrogen and oxygen atoms in total. The van der Waals surface area contributed by atoms with Crippen LogP contribution in [0.3, 0.4) is 0 Å². The van der Waals surface area contributed by atoms with Crippen molar-refractivity contribution in [3.63, 3.8) is 0 Å². The van der Waals surface area contributed by atoms with E-state index in [1.807, 2.05) is 42.2 Å². The Morgan fingerprint density at radius 2 is 2.03 bits per heavy atom. The van der Waals surface area contributed by atoms with Crippen LogP contribution in [0.2, 0.25) is 0 Å². The van der Waals surface area contributed by atoms with E-state index < -0.39 is 18.4 Å². The lowest BCUT2D eigenvalue weighted by Gasteiger charge is -2.48. The summed E-state index contributed by atoms with van der Waals surface area (Å²) in [5.74, 6) is -0.239. The van der Waals surface area contributed by atoms with Crippen LogP contribution in [0.25, 0.3) is 11.1 Å². The van der Waals surface area contributed by atoms with Gasteiger partial charge in [-0.2, -0.15) is 0 Å². The van der Waals surface area contributed by atoms with Gasteiger partial charge in [0.15, 0.2) is 5.67 Å². The summed E-state index contributed by atoms with van der Waals surface area (Å²) in [4.78, 5) is 23.9. The summed E-state index contributed by atoms with van der Waals surface area (Å²) in [6.45, 7) is 8.16. The molecule has 2 aliphatic heterocycles. The van der Waals surface area contributed by atoms with Gasteiger partial charge in [-0.3, -0.25) is 14.8 Å². The van der Waals surface area contributed by atoms with E-state index in [0.717, 1.165) is 33.8 Å². The maximum absolute atomic E-state index is 15.5. The van der Waals surface area contributed by atoms with Crippen LogP contribution >= 0.6 is 0 Å². The average molecular weight is 507 g/mol. The highest BCUT2D eigenvalue weighted by Gasteiger charge is 2.48. The quantitative estimate of drug-likeness (QED) is 0.510. The zero-order valence-electron chi connectivity index (χ0n) is 21.6. The number of anilines is 2. The summed E-state index contributed by atoms with van der Waals surface area (Å²) in [5, 5.41) is 2.95. The van der Waals surface area contributed by atoms with Crippen LogP contribution in [-0.2, 0) is 16.6 Å². The fraction of sp³-hybridized carbons (Fsp3) is 0.414. The summed E-state index contributed by atoms with van der Waals surface area (Å²) in [6.07, 6.45) is 3.30. The van der Waals surface area contributed by atoms with Crippen molar-refractivity contribution in [1.82, 2.24) is 9.97 Å². The third-order valence-electron chi connectivity index (χ3n) is 7.27. The van der Waals surface area contributed by atoms with Crippen molar-refractivity contribution in [3.8, 4) is 11.1 Å². The number of halogens is 2. The number of rotatable bonds is 4. The second-order valence-corrected chi connectivity index (χ2v) is 11.0.